The number of benzene rings is 3. The lowest BCUT2D eigenvalue weighted by Crippen LogP contribution is -2.42. The Labute approximate surface area is 216 Å². The number of rotatable bonds is 8. The van der Waals surface area contributed by atoms with E-state index in [1.807, 2.05) is 0 Å². The summed E-state index contributed by atoms with van der Waals surface area (Å²) in [5.41, 5.74) is 0.404. The van der Waals surface area contributed by atoms with Crippen LogP contribution >= 0.6 is 23.2 Å². The smallest absolute Gasteiger partial charge is 0.335 e. The monoisotopic (exact) mass is 532 g/mol. The van der Waals surface area contributed by atoms with E-state index in [4.69, 9.17) is 37.4 Å². The van der Waals surface area contributed by atoms with Crippen molar-refractivity contribution in [1.82, 2.24) is 4.90 Å². The Bertz CT molecular complexity index is 1310. The summed E-state index contributed by atoms with van der Waals surface area (Å²) < 4.78 is 16.5. The van der Waals surface area contributed by atoms with Crippen LogP contribution in [0.2, 0.25) is 10.0 Å². The van der Waals surface area contributed by atoms with E-state index < -0.39 is 18.5 Å². The van der Waals surface area contributed by atoms with Crippen LogP contribution in [0.4, 0.5) is 5.69 Å². The van der Waals surface area contributed by atoms with Gasteiger partial charge in [-0.15, -0.1) is 0 Å². The molecule has 1 fully saturated rings. The Kier molecular flexibility index (Phi) is 8.14. The number of amides is 2. The highest BCUT2D eigenvalue weighted by Gasteiger charge is 2.18. The van der Waals surface area contributed by atoms with E-state index in [0.29, 0.717) is 53.5 Å². The third kappa shape index (κ3) is 6.37. The standard InChI is InChI=1S/C25H22Cl2N2O7/c26-17-9-15-8-16(25(32)33)10-21(24(15)20(27)11-17)36-13-22(30)28-18-2-1-3-19(12-18)35-14-23(31)29-4-6-34-7-5-29/h1-3,8-12H,4-7,13-14H2,(H,28,30)(H,32,33). The fourth-order valence-electron chi connectivity index (χ4n) is 3.68. The topological polar surface area (TPSA) is 114 Å². The normalized spacial score (nSPS) is 13.3. The number of carboxylic acids is 1. The molecule has 0 saturated carbocycles. The van der Waals surface area contributed by atoms with Gasteiger partial charge in [-0.25, -0.2) is 4.79 Å². The van der Waals surface area contributed by atoms with Gasteiger partial charge in [0.1, 0.15) is 11.5 Å². The van der Waals surface area contributed by atoms with Crippen molar-refractivity contribution in [3.8, 4) is 11.5 Å². The van der Waals surface area contributed by atoms with Crippen molar-refractivity contribution in [2.75, 3.05) is 44.8 Å². The maximum absolute atomic E-state index is 12.5. The first kappa shape index (κ1) is 25.6. The Morgan fingerprint density at radius 3 is 2.53 bits per heavy atom. The Hall–Kier alpha value is -3.53. The van der Waals surface area contributed by atoms with Gasteiger partial charge in [-0.3, -0.25) is 9.59 Å². The van der Waals surface area contributed by atoms with Crippen molar-refractivity contribution in [2.45, 2.75) is 0 Å². The van der Waals surface area contributed by atoms with Gasteiger partial charge in [0.05, 0.1) is 23.8 Å². The molecule has 0 spiro atoms. The van der Waals surface area contributed by atoms with Crippen LogP contribution in [0, 0.1) is 0 Å². The third-order valence-electron chi connectivity index (χ3n) is 5.38. The average Bonchev–Trinajstić information content (AvgIpc) is 2.86. The van der Waals surface area contributed by atoms with Gasteiger partial charge in [-0.2, -0.15) is 0 Å². The van der Waals surface area contributed by atoms with Gasteiger partial charge in [0.2, 0.25) is 0 Å². The number of fused-ring (bicyclic) bond motifs is 1. The molecule has 1 saturated heterocycles. The van der Waals surface area contributed by atoms with Crippen molar-refractivity contribution < 1.29 is 33.7 Å². The quantitative estimate of drug-likeness (QED) is 0.448. The summed E-state index contributed by atoms with van der Waals surface area (Å²) in [6, 6.07) is 12.4. The lowest BCUT2D eigenvalue weighted by Gasteiger charge is -2.26. The molecular weight excluding hydrogens is 511 g/mol. The number of aromatic carboxylic acids is 1. The molecule has 4 rings (SSSR count). The van der Waals surface area contributed by atoms with Gasteiger partial charge in [-0.05, 0) is 41.8 Å². The van der Waals surface area contributed by atoms with Crippen molar-refractivity contribution in [3.05, 3.63) is 64.1 Å². The molecule has 1 aliphatic rings. The summed E-state index contributed by atoms with van der Waals surface area (Å²) in [4.78, 5) is 38.0. The first-order valence-corrected chi connectivity index (χ1v) is 11.7. The van der Waals surface area contributed by atoms with Crippen LogP contribution in [-0.2, 0) is 14.3 Å². The third-order valence-corrected chi connectivity index (χ3v) is 5.90. The van der Waals surface area contributed by atoms with Crippen LogP contribution in [0.3, 0.4) is 0 Å². The molecule has 2 amide bonds. The second kappa shape index (κ2) is 11.5. The molecule has 0 unspecified atom stereocenters. The molecular formula is C25H22Cl2N2O7. The van der Waals surface area contributed by atoms with E-state index in [9.17, 15) is 19.5 Å². The molecule has 0 bridgehead atoms. The molecule has 188 valence electrons. The first-order valence-electron chi connectivity index (χ1n) is 11.0. The maximum atomic E-state index is 12.5. The number of nitrogens with zero attached hydrogens (tertiary/aromatic N) is 1. The number of nitrogens with one attached hydrogen (secondary N) is 1. The zero-order valence-corrected chi connectivity index (χ0v) is 20.5. The number of halogens is 2. The molecule has 3 aromatic carbocycles. The van der Waals surface area contributed by atoms with Gasteiger partial charge in [0.25, 0.3) is 11.8 Å². The highest BCUT2D eigenvalue weighted by Crippen LogP contribution is 2.36. The van der Waals surface area contributed by atoms with Crippen LogP contribution in [0.1, 0.15) is 10.4 Å². The molecule has 11 heteroatoms. The summed E-state index contributed by atoms with van der Waals surface area (Å²) in [5, 5.41) is 13.6. The number of carboxylic acid groups (broad SMARTS) is 1. The summed E-state index contributed by atoms with van der Waals surface area (Å²) >= 11 is 12.3. The largest absolute Gasteiger partial charge is 0.484 e. The number of hydrogen-bond acceptors (Lipinski definition) is 6. The minimum atomic E-state index is -1.16. The van der Waals surface area contributed by atoms with Crippen molar-refractivity contribution in [3.63, 3.8) is 0 Å². The van der Waals surface area contributed by atoms with E-state index in [1.165, 1.54) is 18.2 Å². The average molecular weight is 533 g/mol. The molecule has 1 heterocycles. The van der Waals surface area contributed by atoms with Crippen molar-refractivity contribution in [2.24, 2.45) is 0 Å². The fraction of sp³-hybridized carbons (Fsp3) is 0.240. The Morgan fingerprint density at radius 2 is 1.78 bits per heavy atom. The second-order valence-electron chi connectivity index (χ2n) is 7.91. The number of anilines is 1. The van der Waals surface area contributed by atoms with Crippen molar-refractivity contribution >= 4 is 57.4 Å². The van der Waals surface area contributed by atoms with Gasteiger partial charge in [0.15, 0.2) is 13.2 Å². The molecule has 0 aliphatic carbocycles. The summed E-state index contributed by atoms with van der Waals surface area (Å²) in [6.45, 7) is 1.54. The molecule has 0 atom stereocenters. The van der Waals surface area contributed by atoms with E-state index in [1.54, 1.807) is 35.2 Å². The highest BCUT2D eigenvalue weighted by molar-refractivity contribution is 6.39. The molecule has 0 aromatic heterocycles. The van der Waals surface area contributed by atoms with E-state index in [0.717, 1.165) is 0 Å². The van der Waals surface area contributed by atoms with E-state index in [2.05, 4.69) is 5.32 Å². The first-order chi connectivity index (χ1) is 17.3. The summed E-state index contributed by atoms with van der Waals surface area (Å²) in [7, 11) is 0. The molecule has 0 radical (unpaired) electrons. The van der Waals surface area contributed by atoms with Crippen LogP contribution < -0.4 is 14.8 Å². The Balaban J connectivity index is 1.39. The van der Waals surface area contributed by atoms with Crippen LogP contribution in [-0.4, -0.2) is 67.3 Å². The SMILES string of the molecule is O=C(COc1cc(C(=O)O)cc2cc(Cl)cc(Cl)c12)Nc1cccc(OCC(=O)N2CCOCC2)c1. The predicted molar refractivity (Wildman–Crippen MR) is 134 cm³/mol. The number of morpholine rings is 1. The van der Waals surface area contributed by atoms with Crippen LogP contribution in [0.5, 0.6) is 11.5 Å². The van der Waals surface area contributed by atoms with E-state index in [-0.39, 0.29) is 28.8 Å². The number of ether oxygens (including phenoxy) is 3. The minimum Gasteiger partial charge on any atom is -0.484 e. The summed E-state index contributed by atoms with van der Waals surface area (Å²) in [5.74, 6) is -1.24. The second-order valence-corrected chi connectivity index (χ2v) is 8.76. The molecule has 36 heavy (non-hydrogen) atoms. The maximum Gasteiger partial charge on any atom is 0.335 e. The number of carbonyl (C=O) groups excluding carboxylic acids is 2. The van der Waals surface area contributed by atoms with Gasteiger partial charge < -0.3 is 29.5 Å². The van der Waals surface area contributed by atoms with Gasteiger partial charge in [0, 0.05) is 35.3 Å². The highest BCUT2D eigenvalue weighted by atomic mass is 35.5. The lowest BCUT2D eigenvalue weighted by atomic mass is 10.1. The van der Waals surface area contributed by atoms with Crippen LogP contribution in [0.15, 0.2) is 48.5 Å². The number of carbonyl (C=O) groups is 3. The van der Waals surface area contributed by atoms with Crippen LogP contribution in [0.25, 0.3) is 10.8 Å². The zero-order valence-electron chi connectivity index (χ0n) is 19.0. The predicted octanol–water partition coefficient (Wildman–Crippen LogP) is 4.10. The van der Waals surface area contributed by atoms with E-state index >= 15 is 0 Å². The molecule has 2 N–H and O–H groups in total. The molecule has 3 aromatic rings. The molecule has 1 aliphatic heterocycles. The fourth-order valence-corrected chi connectivity index (χ4v) is 4.28. The lowest BCUT2D eigenvalue weighted by molar-refractivity contribution is -0.137. The zero-order chi connectivity index (χ0) is 25.7. The Morgan fingerprint density at radius 1 is 1.00 bits per heavy atom. The van der Waals surface area contributed by atoms with Crippen molar-refractivity contribution in [1.29, 1.82) is 0 Å². The summed E-state index contributed by atoms with van der Waals surface area (Å²) in [6.07, 6.45) is 0. The molecule has 9 nitrogen and oxygen atoms in total. The minimum absolute atomic E-state index is 0.0345. The van der Waals surface area contributed by atoms with Gasteiger partial charge in [-0.1, -0.05) is 29.3 Å². The number of hydrogen-bond donors (Lipinski definition) is 2. The van der Waals surface area contributed by atoms with Gasteiger partial charge >= 0.3 is 5.97 Å².